The molecule has 27 heavy (non-hydrogen) atoms. The van der Waals surface area contributed by atoms with Crippen LogP contribution >= 0.6 is 0 Å². The monoisotopic (exact) mass is 369 g/mol. The van der Waals surface area contributed by atoms with Crippen LogP contribution in [0.5, 0.6) is 17.2 Å². The fourth-order valence-corrected chi connectivity index (χ4v) is 2.54. The van der Waals surface area contributed by atoms with Gasteiger partial charge >= 0.3 is 0 Å². The lowest BCUT2D eigenvalue weighted by Crippen LogP contribution is -2.08. The molecule has 0 saturated heterocycles. The van der Waals surface area contributed by atoms with E-state index in [4.69, 9.17) is 14.2 Å². The molecule has 0 bridgehead atoms. The van der Waals surface area contributed by atoms with Crippen LogP contribution in [0.2, 0.25) is 0 Å². The quantitative estimate of drug-likeness (QED) is 0.477. The number of hydrogen-bond donors (Lipinski definition) is 1. The van der Waals surface area contributed by atoms with E-state index in [1.807, 2.05) is 30.3 Å². The number of methoxy groups -OCH3 is 2. The van der Waals surface area contributed by atoms with Gasteiger partial charge in [-0.2, -0.15) is 0 Å². The highest BCUT2D eigenvalue weighted by Crippen LogP contribution is 2.29. The Morgan fingerprint density at radius 2 is 1.78 bits per heavy atom. The van der Waals surface area contributed by atoms with E-state index in [9.17, 15) is 4.79 Å². The Kier molecular flexibility index (Phi) is 8.23. The predicted octanol–water partition coefficient (Wildman–Crippen LogP) is 4.92. The van der Waals surface area contributed by atoms with E-state index in [-0.39, 0.29) is 5.91 Å². The molecule has 0 aromatic heterocycles. The van der Waals surface area contributed by atoms with Crippen LogP contribution in [-0.2, 0) is 4.79 Å². The Bertz CT molecular complexity index is 771. The largest absolute Gasteiger partial charge is 0.495 e. The van der Waals surface area contributed by atoms with Gasteiger partial charge in [-0.25, -0.2) is 0 Å². The normalized spacial score (nSPS) is 10.6. The number of nitrogens with one attached hydrogen (secondary N) is 1. The van der Waals surface area contributed by atoms with Crippen LogP contribution in [0, 0.1) is 0 Å². The number of carbonyl (C=O) groups excluding carboxylic acids is 1. The summed E-state index contributed by atoms with van der Waals surface area (Å²) in [6, 6.07) is 12.9. The van der Waals surface area contributed by atoms with Gasteiger partial charge in [0.15, 0.2) is 11.5 Å². The summed E-state index contributed by atoms with van der Waals surface area (Å²) in [7, 11) is 3.18. The Morgan fingerprint density at radius 1 is 1.00 bits per heavy atom. The van der Waals surface area contributed by atoms with Gasteiger partial charge in [-0.3, -0.25) is 4.79 Å². The summed E-state index contributed by atoms with van der Waals surface area (Å²) >= 11 is 0. The highest BCUT2D eigenvalue weighted by Gasteiger charge is 2.06. The molecule has 5 heteroatoms. The lowest BCUT2D eigenvalue weighted by Gasteiger charge is -2.11. The van der Waals surface area contributed by atoms with Gasteiger partial charge in [-0.15, -0.1) is 0 Å². The van der Waals surface area contributed by atoms with E-state index in [2.05, 4.69) is 12.2 Å². The first-order valence-electron chi connectivity index (χ1n) is 9.10. The summed E-state index contributed by atoms with van der Waals surface area (Å²) in [6.07, 6.45) is 6.52. The maximum absolute atomic E-state index is 12.2. The second kappa shape index (κ2) is 10.9. The number of hydrogen-bond acceptors (Lipinski definition) is 4. The molecule has 0 radical (unpaired) electrons. The molecule has 0 aliphatic rings. The fourth-order valence-electron chi connectivity index (χ4n) is 2.54. The summed E-state index contributed by atoms with van der Waals surface area (Å²) < 4.78 is 16.4. The number of amides is 1. The number of anilines is 1. The summed E-state index contributed by atoms with van der Waals surface area (Å²) in [4.78, 5) is 12.2. The van der Waals surface area contributed by atoms with Gasteiger partial charge in [0.1, 0.15) is 5.75 Å². The zero-order valence-electron chi connectivity index (χ0n) is 16.2. The lowest BCUT2D eigenvalue weighted by atomic mass is 10.2. The first-order chi connectivity index (χ1) is 13.2. The van der Waals surface area contributed by atoms with Crippen molar-refractivity contribution in [1.29, 1.82) is 0 Å². The molecule has 1 amide bonds. The molecule has 0 spiro atoms. The van der Waals surface area contributed by atoms with E-state index in [0.717, 1.165) is 24.8 Å². The molecule has 2 aromatic carbocycles. The number of ether oxygens (including phenoxy) is 3. The third-order valence-electron chi connectivity index (χ3n) is 3.99. The maximum atomic E-state index is 12.2. The Balaban J connectivity index is 2.00. The molecule has 0 atom stereocenters. The Morgan fingerprint density at radius 3 is 2.52 bits per heavy atom. The van der Waals surface area contributed by atoms with E-state index in [1.54, 1.807) is 32.4 Å². The van der Waals surface area contributed by atoms with Crippen LogP contribution in [0.15, 0.2) is 48.5 Å². The van der Waals surface area contributed by atoms with Crippen LogP contribution in [0.4, 0.5) is 5.69 Å². The number of para-hydroxylation sites is 2. The molecule has 0 fully saturated rings. The fraction of sp³-hybridized carbons (Fsp3) is 0.318. The van der Waals surface area contributed by atoms with Crippen LogP contribution in [0.25, 0.3) is 6.08 Å². The van der Waals surface area contributed by atoms with Crippen LogP contribution in [0.3, 0.4) is 0 Å². The predicted molar refractivity (Wildman–Crippen MR) is 109 cm³/mol. The number of benzene rings is 2. The SMILES string of the molecule is CCCCCOc1ccc(C=CC(=O)Nc2ccccc2OC)cc1OC. The maximum Gasteiger partial charge on any atom is 0.248 e. The number of rotatable bonds is 10. The van der Waals surface area contributed by atoms with Crippen LogP contribution in [-0.4, -0.2) is 26.7 Å². The first kappa shape index (κ1) is 20.4. The highest BCUT2D eigenvalue weighted by atomic mass is 16.5. The van der Waals surface area contributed by atoms with Gasteiger partial charge in [-0.1, -0.05) is 38.0 Å². The van der Waals surface area contributed by atoms with Gasteiger partial charge in [0.25, 0.3) is 0 Å². The van der Waals surface area contributed by atoms with Gasteiger partial charge in [0.2, 0.25) is 5.91 Å². The standard InChI is InChI=1S/C22H27NO4/c1-4-5-8-15-27-20-13-11-17(16-21(20)26-3)12-14-22(24)23-18-9-6-7-10-19(18)25-2/h6-7,9-14,16H,4-5,8,15H2,1-3H3,(H,23,24). The zero-order valence-corrected chi connectivity index (χ0v) is 16.2. The second-order valence-electron chi connectivity index (χ2n) is 5.99. The van der Waals surface area contributed by atoms with Crippen molar-refractivity contribution in [3.63, 3.8) is 0 Å². The molecule has 0 saturated carbocycles. The third-order valence-corrected chi connectivity index (χ3v) is 3.99. The molecule has 0 aliphatic heterocycles. The van der Waals surface area contributed by atoms with Gasteiger partial charge in [0, 0.05) is 6.08 Å². The third kappa shape index (κ3) is 6.37. The van der Waals surface area contributed by atoms with Gasteiger partial charge < -0.3 is 19.5 Å². The molecule has 144 valence electrons. The summed E-state index contributed by atoms with van der Waals surface area (Å²) in [6.45, 7) is 2.83. The summed E-state index contributed by atoms with van der Waals surface area (Å²) in [5.41, 5.74) is 1.48. The van der Waals surface area contributed by atoms with E-state index < -0.39 is 0 Å². The van der Waals surface area contributed by atoms with Crippen molar-refractivity contribution in [1.82, 2.24) is 0 Å². The minimum atomic E-state index is -0.238. The van der Waals surface area contributed by atoms with E-state index in [1.165, 1.54) is 6.08 Å². The Hall–Kier alpha value is -2.95. The van der Waals surface area contributed by atoms with Crippen molar-refractivity contribution in [2.45, 2.75) is 26.2 Å². The zero-order chi connectivity index (χ0) is 19.5. The van der Waals surface area contributed by atoms with E-state index in [0.29, 0.717) is 29.5 Å². The van der Waals surface area contributed by atoms with Crippen molar-refractivity contribution < 1.29 is 19.0 Å². The van der Waals surface area contributed by atoms with Gasteiger partial charge in [-0.05, 0) is 42.3 Å². The number of carbonyl (C=O) groups is 1. The van der Waals surface area contributed by atoms with Crippen LogP contribution in [0.1, 0.15) is 31.7 Å². The minimum Gasteiger partial charge on any atom is -0.495 e. The molecule has 0 unspecified atom stereocenters. The molecule has 2 rings (SSSR count). The van der Waals surface area contributed by atoms with E-state index >= 15 is 0 Å². The molecular formula is C22H27NO4. The van der Waals surface area contributed by atoms with Crippen molar-refractivity contribution in [2.24, 2.45) is 0 Å². The van der Waals surface area contributed by atoms with Crippen molar-refractivity contribution >= 4 is 17.7 Å². The van der Waals surface area contributed by atoms with Crippen molar-refractivity contribution in [3.8, 4) is 17.2 Å². The summed E-state index contributed by atoms with van der Waals surface area (Å²) in [5, 5.41) is 2.80. The molecule has 2 aromatic rings. The average Bonchev–Trinajstić information content (AvgIpc) is 2.70. The molecule has 0 aliphatic carbocycles. The second-order valence-corrected chi connectivity index (χ2v) is 5.99. The molecule has 1 N–H and O–H groups in total. The highest BCUT2D eigenvalue weighted by molar-refractivity contribution is 6.02. The smallest absolute Gasteiger partial charge is 0.248 e. The minimum absolute atomic E-state index is 0.238. The van der Waals surface area contributed by atoms with Crippen LogP contribution < -0.4 is 19.5 Å². The topological polar surface area (TPSA) is 56.8 Å². The van der Waals surface area contributed by atoms with Gasteiger partial charge in [0.05, 0.1) is 26.5 Å². The summed E-state index contributed by atoms with van der Waals surface area (Å²) in [5.74, 6) is 1.74. The molecule has 5 nitrogen and oxygen atoms in total. The molecule has 0 heterocycles. The lowest BCUT2D eigenvalue weighted by molar-refractivity contribution is -0.111. The molecular weight excluding hydrogens is 342 g/mol. The number of unbranched alkanes of at least 4 members (excludes halogenated alkanes) is 2. The average molecular weight is 369 g/mol. The first-order valence-corrected chi connectivity index (χ1v) is 9.10. The van der Waals surface area contributed by atoms with Crippen molar-refractivity contribution in [2.75, 3.05) is 26.1 Å². The van der Waals surface area contributed by atoms with Crippen molar-refractivity contribution in [3.05, 3.63) is 54.1 Å². The Labute approximate surface area is 161 Å².